The number of rotatable bonds is 10. The quantitative estimate of drug-likeness (QED) is 0.458. The van der Waals surface area contributed by atoms with Crippen molar-refractivity contribution in [2.75, 3.05) is 7.05 Å². The number of carbonyl (C=O) groups excluding carboxylic acids is 3. The lowest BCUT2D eigenvalue weighted by atomic mass is 9.93. The van der Waals surface area contributed by atoms with Crippen molar-refractivity contribution in [3.05, 3.63) is 70.8 Å². The van der Waals surface area contributed by atoms with Crippen molar-refractivity contribution >= 4 is 17.9 Å². The minimum absolute atomic E-state index is 0.0344. The second-order valence-corrected chi connectivity index (χ2v) is 10.7. The lowest BCUT2D eigenvalue weighted by molar-refractivity contribution is -0.141. The van der Waals surface area contributed by atoms with E-state index in [9.17, 15) is 14.4 Å². The maximum Gasteiger partial charge on any atom is 0.408 e. The summed E-state index contributed by atoms with van der Waals surface area (Å²) in [6.07, 6.45) is 1.35. The van der Waals surface area contributed by atoms with Crippen molar-refractivity contribution in [1.82, 2.24) is 15.5 Å². The molecule has 0 bridgehead atoms. The average molecular weight is 510 g/mol. The highest BCUT2D eigenvalue weighted by atomic mass is 16.6. The molecule has 3 amide bonds. The van der Waals surface area contributed by atoms with Crippen LogP contribution in [0.4, 0.5) is 4.79 Å². The summed E-state index contributed by atoms with van der Waals surface area (Å²) in [5, 5.41) is 5.84. The highest BCUT2D eigenvalue weighted by Crippen LogP contribution is 2.28. The van der Waals surface area contributed by atoms with E-state index in [1.54, 1.807) is 27.8 Å². The third kappa shape index (κ3) is 8.92. The fourth-order valence-electron chi connectivity index (χ4n) is 4.46. The van der Waals surface area contributed by atoms with Crippen LogP contribution in [-0.4, -0.2) is 47.5 Å². The molecule has 0 aliphatic carbocycles. The van der Waals surface area contributed by atoms with Gasteiger partial charge in [0.2, 0.25) is 11.8 Å². The van der Waals surface area contributed by atoms with Crippen molar-refractivity contribution in [1.29, 1.82) is 0 Å². The molecular weight excluding hydrogens is 466 g/mol. The summed E-state index contributed by atoms with van der Waals surface area (Å²) in [7, 11) is 1.62. The van der Waals surface area contributed by atoms with Gasteiger partial charge in [-0.1, -0.05) is 61.9 Å². The van der Waals surface area contributed by atoms with Gasteiger partial charge in [0.15, 0.2) is 0 Å². The predicted molar refractivity (Wildman–Crippen MR) is 147 cm³/mol. The molecule has 202 valence electrons. The third-order valence-electron chi connectivity index (χ3n) is 6.18. The Morgan fingerprint density at radius 2 is 1.54 bits per heavy atom. The largest absolute Gasteiger partial charge is 0.444 e. The number of amides is 3. The van der Waals surface area contributed by atoms with Gasteiger partial charge in [0, 0.05) is 19.5 Å². The van der Waals surface area contributed by atoms with Gasteiger partial charge in [0.25, 0.3) is 0 Å². The van der Waals surface area contributed by atoms with E-state index in [1.807, 2.05) is 69.3 Å². The number of alkyl carbamates (subject to hydrolysis) is 1. The van der Waals surface area contributed by atoms with Crippen LogP contribution in [0.2, 0.25) is 0 Å². The van der Waals surface area contributed by atoms with Crippen LogP contribution < -0.4 is 10.6 Å². The molecule has 0 aromatic heterocycles. The van der Waals surface area contributed by atoms with E-state index in [1.165, 1.54) is 4.90 Å². The SMILES string of the molecule is CCCC(C)NC(=O)C(c1c(C)cccc1C)N(C)C(=O)C(Cc1ccccc1)NC(=O)OC(C)(C)C. The highest BCUT2D eigenvalue weighted by molar-refractivity contribution is 5.92. The number of nitrogens with zero attached hydrogens (tertiary/aromatic N) is 1. The van der Waals surface area contributed by atoms with Gasteiger partial charge in [0.1, 0.15) is 17.7 Å². The Balaban J connectivity index is 2.46. The van der Waals surface area contributed by atoms with E-state index >= 15 is 0 Å². The molecule has 2 aromatic carbocycles. The molecule has 0 aliphatic heterocycles. The van der Waals surface area contributed by atoms with Gasteiger partial charge in [-0.15, -0.1) is 0 Å². The molecule has 0 radical (unpaired) electrons. The summed E-state index contributed by atoms with van der Waals surface area (Å²) in [6.45, 7) is 13.2. The van der Waals surface area contributed by atoms with Crippen molar-refractivity contribution in [3.8, 4) is 0 Å². The molecule has 2 N–H and O–H groups in total. The highest BCUT2D eigenvalue weighted by Gasteiger charge is 2.36. The van der Waals surface area contributed by atoms with Gasteiger partial charge >= 0.3 is 6.09 Å². The zero-order valence-corrected chi connectivity index (χ0v) is 23.6. The monoisotopic (exact) mass is 509 g/mol. The second kappa shape index (κ2) is 13.3. The zero-order chi connectivity index (χ0) is 27.8. The Morgan fingerprint density at radius 3 is 2.08 bits per heavy atom. The Morgan fingerprint density at radius 1 is 0.946 bits per heavy atom. The third-order valence-corrected chi connectivity index (χ3v) is 6.18. The maximum absolute atomic E-state index is 14.0. The van der Waals surface area contributed by atoms with Crippen molar-refractivity contribution < 1.29 is 19.1 Å². The van der Waals surface area contributed by atoms with Crippen LogP contribution in [0.1, 0.15) is 75.8 Å². The van der Waals surface area contributed by atoms with Crippen LogP contribution >= 0.6 is 0 Å². The van der Waals surface area contributed by atoms with Gasteiger partial charge in [-0.2, -0.15) is 0 Å². The Kier molecular flexibility index (Phi) is 10.7. The van der Waals surface area contributed by atoms with Crippen LogP contribution in [0.15, 0.2) is 48.5 Å². The van der Waals surface area contributed by atoms with E-state index in [0.29, 0.717) is 0 Å². The molecule has 37 heavy (non-hydrogen) atoms. The van der Waals surface area contributed by atoms with E-state index < -0.39 is 23.8 Å². The lowest BCUT2D eigenvalue weighted by Gasteiger charge is -2.33. The molecule has 0 spiro atoms. The minimum Gasteiger partial charge on any atom is -0.444 e. The van der Waals surface area contributed by atoms with E-state index in [-0.39, 0.29) is 24.3 Å². The standard InChI is InChI=1S/C30H43N3O4/c1-9-14-22(4)31-27(34)26(25-20(2)15-13-16-21(25)3)33(8)28(35)24(19-23-17-11-10-12-18-23)32-29(36)37-30(5,6)7/h10-13,15-18,22,24,26H,9,14,19H2,1-8H3,(H,31,34)(H,32,36). The molecule has 7 heteroatoms. The van der Waals surface area contributed by atoms with Gasteiger partial charge in [-0.25, -0.2) is 4.79 Å². The smallest absolute Gasteiger partial charge is 0.408 e. The van der Waals surface area contributed by atoms with Gasteiger partial charge in [-0.3, -0.25) is 9.59 Å². The first-order valence-electron chi connectivity index (χ1n) is 13.0. The fourth-order valence-corrected chi connectivity index (χ4v) is 4.46. The van der Waals surface area contributed by atoms with Gasteiger partial charge in [0.05, 0.1) is 0 Å². The lowest BCUT2D eigenvalue weighted by Crippen LogP contribution is -2.53. The predicted octanol–water partition coefficient (Wildman–Crippen LogP) is 5.24. The Hall–Kier alpha value is -3.35. The molecule has 7 nitrogen and oxygen atoms in total. The Labute approximate surface area is 222 Å². The number of hydrogen-bond acceptors (Lipinski definition) is 4. The average Bonchev–Trinajstić information content (AvgIpc) is 2.79. The first-order chi connectivity index (χ1) is 17.3. The van der Waals surface area contributed by atoms with Crippen LogP contribution in [0.25, 0.3) is 0 Å². The fraction of sp³-hybridized carbons (Fsp3) is 0.500. The molecule has 0 saturated carbocycles. The molecule has 0 fully saturated rings. The normalized spacial score (nSPS) is 13.7. The van der Waals surface area contributed by atoms with Crippen molar-refractivity contribution in [3.63, 3.8) is 0 Å². The summed E-state index contributed by atoms with van der Waals surface area (Å²) >= 11 is 0. The van der Waals surface area contributed by atoms with Crippen LogP contribution in [0.3, 0.4) is 0 Å². The minimum atomic E-state index is -0.921. The molecule has 0 aliphatic rings. The molecule has 0 saturated heterocycles. The zero-order valence-electron chi connectivity index (χ0n) is 23.6. The topological polar surface area (TPSA) is 87.7 Å². The first-order valence-corrected chi connectivity index (χ1v) is 13.0. The first kappa shape index (κ1) is 29.9. The number of ether oxygens (including phenoxy) is 1. The number of hydrogen-bond donors (Lipinski definition) is 2. The number of carbonyl (C=O) groups is 3. The summed E-state index contributed by atoms with van der Waals surface area (Å²) < 4.78 is 5.45. The number of likely N-dealkylation sites (N-methyl/N-ethyl adjacent to an activating group) is 1. The molecular formula is C30H43N3O4. The van der Waals surface area contributed by atoms with Crippen LogP contribution in [0, 0.1) is 13.8 Å². The van der Waals surface area contributed by atoms with Crippen molar-refractivity contribution in [2.24, 2.45) is 0 Å². The summed E-state index contributed by atoms with van der Waals surface area (Å²) in [5.74, 6) is -0.620. The number of nitrogens with one attached hydrogen (secondary N) is 2. The van der Waals surface area contributed by atoms with Gasteiger partial charge < -0.3 is 20.3 Å². The molecule has 3 atom stereocenters. The van der Waals surface area contributed by atoms with E-state index in [2.05, 4.69) is 17.6 Å². The van der Waals surface area contributed by atoms with Crippen LogP contribution in [0.5, 0.6) is 0 Å². The molecule has 3 unspecified atom stereocenters. The summed E-state index contributed by atoms with van der Waals surface area (Å²) in [6, 6.07) is 13.5. The second-order valence-electron chi connectivity index (χ2n) is 10.7. The van der Waals surface area contributed by atoms with Gasteiger partial charge in [-0.05, 0) is 70.2 Å². The molecule has 2 aromatic rings. The summed E-state index contributed by atoms with van der Waals surface area (Å²) in [5.41, 5.74) is 2.79. The maximum atomic E-state index is 14.0. The van der Waals surface area contributed by atoms with Crippen molar-refractivity contribution in [2.45, 2.75) is 91.5 Å². The van der Waals surface area contributed by atoms with E-state index in [0.717, 1.165) is 35.1 Å². The molecule has 0 heterocycles. The number of benzene rings is 2. The van der Waals surface area contributed by atoms with Crippen LogP contribution in [-0.2, 0) is 20.7 Å². The Bertz CT molecular complexity index is 1040. The number of aryl methyl sites for hydroxylation is 2. The summed E-state index contributed by atoms with van der Waals surface area (Å²) in [4.78, 5) is 41.8. The molecule has 2 rings (SSSR count). The van der Waals surface area contributed by atoms with E-state index in [4.69, 9.17) is 4.74 Å².